The van der Waals surface area contributed by atoms with Gasteiger partial charge in [-0.15, -0.1) is 0 Å². The average Bonchev–Trinajstić information content (AvgIpc) is 2.79. The molecule has 1 aliphatic rings. The van der Waals surface area contributed by atoms with Crippen LogP contribution >= 0.6 is 11.8 Å². The summed E-state index contributed by atoms with van der Waals surface area (Å²) in [7, 11) is 1.64. The second-order valence-electron chi connectivity index (χ2n) is 8.85. The molecule has 6 nitrogen and oxygen atoms in total. The standard InChI is InChI=1S/C26H29N3O3S/c1-16-6-10-19(11-7-16)27-24(30)17(2)33-25-21-15-32-26(3,4)14-22(21)28-23(29-25)18-8-12-20(31-5)13-9-18/h6-13,17H,14-15H2,1-5H3,(H,27,30)/t17-/m0/s1. The summed E-state index contributed by atoms with van der Waals surface area (Å²) in [5.74, 6) is 1.35. The Hall–Kier alpha value is -2.90. The molecule has 2 heterocycles. The first-order valence-corrected chi connectivity index (χ1v) is 11.8. The Morgan fingerprint density at radius 3 is 2.48 bits per heavy atom. The maximum absolute atomic E-state index is 12.9. The number of amides is 1. The lowest BCUT2D eigenvalue weighted by atomic mass is 9.96. The number of aryl methyl sites for hydroxylation is 1. The van der Waals surface area contributed by atoms with E-state index in [2.05, 4.69) is 19.2 Å². The molecule has 1 N–H and O–H groups in total. The lowest BCUT2D eigenvalue weighted by Gasteiger charge is -2.32. The Morgan fingerprint density at radius 2 is 1.82 bits per heavy atom. The minimum atomic E-state index is -0.344. The number of aromatic nitrogens is 2. The van der Waals surface area contributed by atoms with Crippen LogP contribution in [0.5, 0.6) is 5.75 Å². The third-order valence-corrected chi connectivity index (χ3v) is 6.71. The number of hydrogen-bond acceptors (Lipinski definition) is 6. The quantitative estimate of drug-likeness (QED) is 0.388. The van der Waals surface area contributed by atoms with E-state index in [0.717, 1.165) is 38.8 Å². The second kappa shape index (κ2) is 9.53. The molecule has 0 saturated carbocycles. The van der Waals surface area contributed by atoms with Crippen LogP contribution in [0.1, 0.15) is 37.6 Å². The molecule has 172 valence electrons. The van der Waals surface area contributed by atoms with Crippen LogP contribution in [0.3, 0.4) is 0 Å². The summed E-state index contributed by atoms with van der Waals surface area (Å²) < 4.78 is 11.3. The van der Waals surface area contributed by atoms with Gasteiger partial charge < -0.3 is 14.8 Å². The van der Waals surface area contributed by atoms with E-state index in [4.69, 9.17) is 19.4 Å². The second-order valence-corrected chi connectivity index (χ2v) is 10.2. The van der Waals surface area contributed by atoms with Crippen molar-refractivity contribution in [2.45, 2.75) is 56.6 Å². The van der Waals surface area contributed by atoms with Gasteiger partial charge in [0.2, 0.25) is 5.91 Å². The molecular formula is C26H29N3O3S. The lowest BCUT2D eigenvalue weighted by molar-refractivity contribution is -0.115. The van der Waals surface area contributed by atoms with Gasteiger partial charge in [-0.25, -0.2) is 9.97 Å². The van der Waals surface area contributed by atoms with Crippen molar-refractivity contribution in [3.8, 4) is 17.1 Å². The largest absolute Gasteiger partial charge is 0.497 e. The number of benzene rings is 2. The molecule has 1 amide bonds. The zero-order valence-electron chi connectivity index (χ0n) is 19.6. The van der Waals surface area contributed by atoms with E-state index in [1.54, 1.807) is 7.11 Å². The molecule has 7 heteroatoms. The normalized spacial score (nSPS) is 15.4. The molecule has 1 aliphatic heterocycles. The lowest BCUT2D eigenvalue weighted by Crippen LogP contribution is -2.33. The minimum Gasteiger partial charge on any atom is -0.497 e. The van der Waals surface area contributed by atoms with E-state index in [1.807, 2.05) is 62.4 Å². The zero-order valence-corrected chi connectivity index (χ0v) is 20.5. The van der Waals surface area contributed by atoms with Crippen molar-refractivity contribution in [1.82, 2.24) is 9.97 Å². The molecule has 1 atom stereocenters. The first-order chi connectivity index (χ1) is 15.7. The summed E-state index contributed by atoms with van der Waals surface area (Å²) in [5, 5.41) is 3.43. The fraction of sp³-hybridized carbons (Fsp3) is 0.346. The molecule has 1 aromatic heterocycles. The van der Waals surface area contributed by atoms with E-state index in [-0.39, 0.29) is 16.8 Å². The van der Waals surface area contributed by atoms with Gasteiger partial charge in [0.25, 0.3) is 0 Å². The van der Waals surface area contributed by atoms with Gasteiger partial charge in [0.15, 0.2) is 5.82 Å². The number of carbonyl (C=O) groups excluding carboxylic acids is 1. The monoisotopic (exact) mass is 463 g/mol. The Morgan fingerprint density at radius 1 is 1.12 bits per heavy atom. The van der Waals surface area contributed by atoms with Crippen LogP contribution < -0.4 is 10.1 Å². The van der Waals surface area contributed by atoms with E-state index in [1.165, 1.54) is 11.8 Å². The third kappa shape index (κ3) is 5.54. The fourth-order valence-corrected chi connectivity index (χ4v) is 4.55. The van der Waals surface area contributed by atoms with Crippen molar-refractivity contribution in [2.75, 3.05) is 12.4 Å². The molecule has 0 spiro atoms. The van der Waals surface area contributed by atoms with Crippen LogP contribution in [0.4, 0.5) is 5.69 Å². The number of thioether (sulfide) groups is 1. The van der Waals surface area contributed by atoms with E-state index in [0.29, 0.717) is 18.9 Å². The molecule has 0 radical (unpaired) electrons. The van der Waals surface area contributed by atoms with E-state index >= 15 is 0 Å². The SMILES string of the molecule is COc1ccc(-c2nc3c(c(S[C@@H](C)C(=O)Nc4ccc(C)cc4)n2)COC(C)(C)C3)cc1. The van der Waals surface area contributed by atoms with Crippen LogP contribution in [0, 0.1) is 6.92 Å². The summed E-state index contributed by atoms with van der Waals surface area (Å²) >= 11 is 1.44. The number of carbonyl (C=O) groups is 1. The maximum Gasteiger partial charge on any atom is 0.237 e. The molecule has 0 unspecified atom stereocenters. The number of methoxy groups -OCH3 is 1. The predicted octanol–water partition coefficient (Wildman–Crippen LogP) is 5.43. The van der Waals surface area contributed by atoms with Crippen LogP contribution in [0.2, 0.25) is 0 Å². The summed E-state index contributed by atoms with van der Waals surface area (Å²) in [5.41, 5.74) is 4.48. The van der Waals surface area contributed by atoms with Crippen LogP contribution in [0.25, 0.3) is 11.4 Å². The van der Waals surface area contributed by atoms with Crippen LogP contribution in [0.15, 0.2) is 53.6 Å². The summed E-state index contributed by atoms with van der Waals surface area (Å²) in [6, 6.07) is 15.5. The molecule has 4 rings (SSSR count). The molecule has 33 heavy (non-hydrogen) atoms. The van der Waals surface area contributed by atoms with Gasteiger partial charge in [-0.3, -0.25) is 4.79 Å². The van der Waals surface area contributed by atoms with Crippen molar-refractivity contribution in [2.24, 2.45) is 0 Å². The Kier molecular flexibility index (Phi) is 6.72. The number of rotatable bonds is 6. The molecule has 2 aromatic carbocycles. The average molecular weight is 464 g/mol. The number of hydrogen-bond donors (Lipinski definition) is 1. The van der Waals surface area contributed by atoms with Gasteiger partial charge in [0.1, 0.15) is 10.8 Å². The predicted molar refractivity (Wildman–Crippen MR) is 132 cm³/mol. The number of nitrogens with zero attached hydrogens (tertiary/aromatic N) is 2. The number of nitrogens with one attached hydrogen (secondary N) is 1. The fourth-order valence-electron chi connectivity index (χ4n) is 3.59. The van der Waals surface area contributed by atoms with Gasteiger partial charge in [0.05, 0.1) is 30.3 Å². The molecular weight excluding hydrogens is 434 g/mol. The summed E-state index contributed by atoms with van der Waals surface area (Å²) in [6.07, 6.45) is 0.686. The number of anilines is 1. The third-order valence-electron chi connectivity index (χ3n) is 5.58. The van der Waals surface area contributed by atoms with Crippen molar-refractivity contribution in [1.29, 1.82) is 0 Å². The van der Waals surface area contributed by atoms with Crippen LogP contribution in [-0.2, 0) is 22.6 Å². The van der Waals surface area contributed by atoms with Crippen LogP contribution in [-0.4, -0.2) is 33.8 Å². The minimum absolute atomic E-state index is 0.0701. The number of ether oxygens (including phenoxy) is 2. The molecule has 0 bridgehead atoms. The topological polar surface area (TPSA) is 73.3 Å². The zero-order chi connectivity index (χ0) is 23.6. The smallest absolute Gasteiger partial charge is 0.237 e. The summed E-state index contributed by atoms with van der Waals surface area (Å²) in [6.45, 7) is 8.47. The van der Waals surface area contributed by atoms with Crippen molar-refractivity contribution < 1.29 is 14.3 Å². The molecule has 0 fully saturated rings. The van der Waals surface area contributed by atoms with E-state index < -0.39 is 0 Å². The van der Waals surface area contributed by atoms with Gasteiger partial charge in [-0.05, 0) is 64.1 Å². The van der Waals surface area contributed by atoms with Crippen molar-refractivity contribution in [3.05, 3.63) is 65.4 Å². The Balaban J connectivity index is 1.62. The molecule has 0 saturated heterocycles. The van der Waals surface area contributed by atoms with Crippen molar-refractivity contribution >= 4 is 23.4 Å². The highest BCUT2D eigenvalue weighted by Gasteiger charge is 2.31. The van der Waals surface area contributed by atoms with Gasteiger partial charge in [-0.2, -0.15) is 0 Å². The number of fused-ring (bicyclic) bond motifs is 1. The highest BCUT2D eigenvalue weighted by molar-refractivity contribution is 8.00. The highest BCUT2D eigenvalue weighted by Crippen LogP contribution is 2.36. The highest BCUT2D eigenvalue weighted by atomic mass is 32.2. The van der Waals surface area contributed by atoms with Crippen molar-refractivity contribution in [3.63, 3.8) is 0 Å². The Labute approximate surface area is 199 Å². The summed E-state index contributed by atoms with van der Waals surface area (Å²) in [4.78, 5) is 22.6. The van der Waals surface area contributed by atoms with Gasteiger partial charge in [0, 0.05) is 23.2 Å². The Bertz CT molecular complexity index is 1140. The molecule has 3 aromatic rings. The maximum atomic E-state index is 12.9. The van der Waals surface area contributed by atoms with Gasteiger partial charge in [-0.1, -0.05) is 29.5 Å². The first-order valence-electron chi connectivity index (χ1n) is 11.0. The first kappa shape index (κ1) is 23.3. The molecule has 0 aliphatic carbocycles. The van der Waals surface area contributed by atoms with Gasteiger partial charge >= 0.3 is 0 Å². The van der Waals surface area contributed by atoms with E-state index in [9.17, 15) is 4.79 Å².